The summed E-state index contributed by atoms with van der Waals surface area (Å²) < 4.78 is 1.40. The largest absolute Gasteiger partial charge is 0.506 e. The molecule has 4 rings (SSSR count). The van der Waals surface area contributed by atoms with Gasteiger partial charge in [-0.1, -0.05) is 76.6 Å². The van der Waals surface area contributed by atoms with Crippen LogP contribution in [0.5, 0.6) is 5.75 Å². The number of hydrogen-bond acceptors (Lipinski definition) is 5. The number of nitrogens with zero attached hydrogens (tertiary/aromatic N) is 3. The standard InChI is InChI=1S/C23H16Br2N4O/c24-18-11-17(22(30)19(25)12-18)14-26-29-23-27-20(15-7-3-1-4-8-15)13-21(28-23)16-9-5-2-6-10-16/h1-14,30H,(H,27,28,29). The maximum absolute atomic E-state index is 10.2. The summed E-state index contributed by atoms with van der Waals surface area (Å²) in [6.07, 6.45) is 1.52. The van der Waals surface area contributed by atoms with Crippen molar-refractivity contribution in [3.63, 3.8) is 0 Å². The minimum Gasteiger partial charge on any atom is -0.506 e. The summed E-state index contributed by atoms with van der Waals surface area (Å²) in [5.74, 6) is 0.465. The number of anilines is 1. The lowest BCUT2D eigenvalue weighted by Gasteiger charge is -2.08. The Labute approximate surface area is 190 Å². The van der Waals surface area contributed by atoms with Crippen LogP contribution in [0.4, 0.5) is 5.95 Å². The molecule has 0 fully saturated rings. The van der Waals surface area contributed by atoms with E-state index in [1.165, 1.54) is 6.21 Å². The first-order valence-electron chi connectivity index (χ1n) is 9.07. The Kier molecular flexibility index (Phi) is 6.21. The summed E-state index contributed by atoms with van der Waals surface area (Å²) in [4.78, 5) is 9.20. The molecule has 5 nitrogen and oxygen atoms in total. The number of nitrogens with one attached hydrogen (secondary N) is 1. The second-order valence-electron chi connectivity index (χ2n) is 6.39. The molecule has 1 aromatic heterocycles. The van der Waals surface area contributed by atoms with Crippen molar-refractivity contribution in [2.75, 3.05) is 5.43 Å². The molecule has 0 saturated carbocycles. The van der Waals surface area contributed by atoms with Gasteiger partial charge in [-0.3, -0.25) is 0 Å². The Morgan fingerprint density at radius 1 is 0.800 bits per heavy atom. The number of benzene rings is 3. The maximum atomic E-state index is 10.2. The van der Waals surface area contributed by atoms with Crippen LogP contribution in [0.2, 0.25) is 0 Å². The molecule has 3 aromatic carbocycles. The van der Waals surface area contributed by atoms with Gasteiger partial charge in [0.1, 0.15) is 5.75 Å². The van der Waals surface area contributed by atoms with Gasteiger partial charge in [0, 0.05) is 21.2 Å². The Balaban J connectivity index is 1.69. The first-order valence-corrected chi connectivity index (χ1v) is 10.7. The predicted octanol–water partition coefficient (Wildman–Crippen LogP) is 6.49. The van der Waals surface area contributed by atoms with E-state index in [1.54, 1.807) is 12.1 Å². The van der Waals surface area contributed by atoms with Gasteiger partial charge in [-0.25, -0.2) is 15.4 Å². The molecule has 0 bridgehead atoms. The smallest absolute Gasteiger partial charge is 0.244 e. The highest BCUT2D eigenvalue weighted by Crippen LogP contribution is 2.30. The summed E-state index contributed by atoms with van der Waals surface area (Å²) in [5.41, 5.74) is 6.97. The zero-order valence-corrected chi connectivity index (χ0v) is 18.8. The fourth-order valence-corrected chi connectivity index (χ4v) is 4.11. The number of phenolic OH excluding ortho intramolecular Hbond substituents is 1. The molecule has 0 aliphatic rings. The summed E-state index contributed by atoms with van der Waals surface area (Å²) in [5, 5.41) is 14.4. The lowest BCUT2D eigenvalue weighted by Crippen LogP contribution is -2.00. The van der Waals surface area contributed by atoms with Gasteiger partial charge in [-0.05, 0) is 34.1 Å². The van der Waals surface area contributed by atoms with Crippen LogP contribution in [0.3, 0.4) is 0 Å². The molecule has 0 unspecified atom stereocenters. The van der Waals surface area contributed by atoms with Crippen LogP contribution in [-0.4, -0.2) is 21.3 Å². The molecular formula is C23H16Br2N4O. The van der Waals surface area contributed by atoms with Gasteiger partial charge in [0.05, 0.1) is 22.1 Å². The molecule has 7 heteroatoms. The average molecular weight is 524 g/mol. The lowest BCUT2D eigenvalue weighted by molar-refractivity contribution is 0.471. The topological polar surface area (TPSA) is 70.4 Å². The predicted molar refractivity (Wildman–Crippen MR) is 128 cm³/mol. The summed E-state index contributed by atoms with van der Waals surface area (Å²) in [6.45, 7) is 0. The number of aromatic nitrogens is 2. The average Bonchev–Trinajstić information content (AvgIpc) is 2.78. The number of halogens is 2. The van der Waals surface area contributed by atoms with E-state index in [-0.39, 0.29) is 5.75 Å². The van der Waals surface area contributed by atoms with E-state index in [9.17, 15) is 5.11 Å². The minimum atomic E-state index is 0.104. The highest BCUT2D eigenvalue weighted by atomic mass is 79.9. The molecule has 0 atom stereocenters. The highest BCUT2D eigenvalue weighted by molar-refractivity contribution is 9.11. The van der Waals surface area contributed by atoms with E-state index in [1.807, 2.05) is 66.7 Å². The van der Waals surface area contributed by atoms with Crippen molar-refractivity contribution in [3.05, 3.63) is 93.4 Å². The van der Waals surface area contributed by atoms with Gasteiger partial charge in [0.2, 0.25) is 5.95 Å². The molecule has 0 aliphatic heterocycles. The highest BCUT2D eigenvalue weighted by Gasteiger charge is 2.09. The first kappa shape index (κ1) is 20.3. The summed E-state index contributed by atoms with van der Waals surface area (Å²) in [6, 6.07) is 25.3. The number of rotatable bonds is 5. The van der Waals surface area contributed by atoms with E-state index in [0.717, 1.165) is 27.0 Å². The summed E-state index contributed by atoms with van der Waals surface area (Å²) in [7, 11) is 0. The minimum absolute atomic E-state index is 0.104. The van der Waals surface area contributed by atoms with Crippen LogP contribution in [0.1, 0.15) is 5.56 Å². The van der Waals surface area contributed by atoms with Crippen LogP contribution in [0.25, 0.3) is 22.5 Å². The zero-order valence-electron chi connectivity index (χ0n) is 15.6. The molecular weight excluding hydrogens is 508 g/mol. The Morgan fingerprint density at radius 3 is 1.93 bits per heavy atom. The Morgan fingerprint density at radius 2 is 1.37 bits per heavy atom. The number of hydrazone groups is 1. The second kappa shape index (κ2) is 9.19. The normalized spacial score (nSPS) is 11.0. The van der Waals surface area contributed by atoms with Gasteiger partial charge in [-0.2, -0.15) is 5.10 Å². The van der Waals surface area contributed by atoms with E-state index in [2.05, 4.69) is 52.4 Å². The molecule has 148 valence electrons. The van der Waals surface area contributed by atoms with Crippen LogP contribution >= 0.6 is 31.9 Å². The van der Waals surface area contributed by atoms with E-state index >= 15 is 0 Å². The van der Waals surface area contributed by atoms with Crippen LogP contribution in [-0.2, 0) is 0 Å². The van der Waals surface area contributed by atoms with Crippen LogP contribution in [0.15, 0.2) is 92.9 Å². The van der Waals surface area contributed by atoms with Crippen molar-refractivity contribution in [1.29, 1.82) is 0 Å². The van der Waals surface area contributed by atoms with Crippen molar-refractivity contribution in [1.82, 2.24) is 9.97 Å². The van der Waals surface area contributed by atoms with E-state index in [0.29, 0.717) is 16.0 Å². The molecule has 0 aliphatic carbocycles. The van der Waals surface area contributed by atoms with Crippen LogP contribution < -0.4 is 5.43 Å². The Bertz CT molecular complexity index is 1140. The fraction of sp³-hybridized carbons (Fsp3) is 0. The van der Waals surface area contributed by atoms with Crippen LogP contribution in [0, 0.1) is 0 Å². The second-order valence-corrected chi connectivity index (χ2v) is 8.16. The monoisotopic (exact) mass is 522 g/mol. The lowest BCUT2D eigenvalue weighted by atomic mass is 10.1. The third kappa shape index (κ3) is 4.75. The van der Waals surface area contributed by atoms with Gasteiger partial charge < -0.3 is 5.11 Å². The quantitative estimate of drug-likeness (QED) is 0.232. The number of aromatic hydroxyl groups is 1. The molecule has 4 aromatic rings. The molecule has 2 N–H and O–H groups in total. The van der Waals surface area contributed by atoms with Crippen molar-refractivity contribution in [3.8, 4) is 28.3 Å². The van der Waals surface area contributed by atoms with Gasteiger partial charge in [0.25, 0.3) is 0 Å². The van der Waals surface area contributed by atoms with Gasteiger partial charge in [-0.15, -0.1) is 0 Å². The van der Waals surface area contributed by atoms with E-state index < -0.39 is 0 Å². The SMILES string of the molecule is Oc1c(Br)cc(Br)cc1C=NNc1nc(-c2ccccc2)cc(-c2ccccc2)n1. The Hall–Kier alpha value is -3.03. The molecule has 30 heavy (non-hydrogen) atoms. The third-order valence-corrected chi connectivity index (χ3v) is 5.35. The number of hydrogen-bond donors (Lipinski definition) is 2. The third-order valence-electron chi connectivity index (χ3n) is 4.29. The molecule has 0 spiro atoms. The first-order chi connectivity index (χ1) is 14.6. The van der Waals surface area contributed by atoms with Gasteiger partial charge in [0.15, 0.2) is 0 Å². The number of phenols is 1. The molecule has 1 heterocycles. The van der Waals surface area contributed by atoms with Crippen molar-refractivity contribution in [2.45, 2.75) is 0 Å². The van der Waals surface area contributed by atoms with E-state index in [4.69, 9.17) is 0 Å². The fourth-order valence-electron chi connectivity index (χ4n) is 2.85. The van der Waals surface area contributed by atoms with Crippen molar-refractivity contribution in [2.24, 2.45) is 5.10 Å². The maximum Gasteiger partial charge on any atom is 0.244 e. The molecule has 0 amide bonds. The van der Waals surface area contributed by atoms with Crippen molar-refractivity contribution < 1.29 is 5.11 Å². The summed E-state index contributed by atoms with van der Waals surface area (Å²) >= 11 is 6.72. The zero-order chi connectivity index (χ0) is 20.9. The molecule has 0 saturated heterocycles. The molecule has 0 radical (unpaired) electrons. The van der Waals surface area contributed by atoms with Crippen molar-refractivity contribution >= 4 is 44.0 Å². The van der Waals surface area contributed by atoms with Gasteiger partial charge >= 0.3 is 0 Å².